The summed E-state index contributed by atoms with van der Waals surface area (Å²) in [6.07, 6.45) is 10.6. The molecule has 1 heterocycles. The van der Waals surface area contributed by atoms with E-state index in [2.05, 4.69) is 19.9 Å². The first-order chi connectivity index (χ1) is 6.25. The highest BCUT2D eigenvalue weighted by Gasteiger charge is 2.18. The minimum atomic E-state index is 1.22. The van der Waals surface area contributed by atoms with Gasteiger partial charge in [-0.25, -0.2) is 0 Å². The molecule has 13 heavy (non-hydrogen) atoms. The molecule has 0 aromatic carbocycles. The molecular weight excluding hydrogens is 158 g/mol. The second-order valence-corrected chi connectivity index (χ2v) is 3.80. The molecule has 1 aliphatic carbocycles. The molecule has 0 radical (unpaired) electrons. The van der Waals surface area contributed by atoms with E-state index in [0.717, 1.165) is 0 Å². The van der Waals surface area contributed by atoms with E-state index in [0.29, 0.717) is 0 Å². The van der Waals surface area contributed by atoms with Gasteiger partial charge >= 0.3 is 0 Å². The Balaban J connectivity index is 2.65. The summed E-state index contributed by atoms with van der Waals surface area (Å²) in [4.78, 5) is 0. The average Bonchev–Trinajstić information content (AvgIpc) is 2.41. The average molecular weight is 173 g/mol. The number of fused-ring (bicyclic) bond motifs is 1. The molecule has 0 saturated heterocycles. The molecule has 0 bridgehead atoms. The zero-order chi connectivity index (χ0) is 9.42. The maximum Gasteiger partial charge on any atom is 0.0320 e. The minimum absolute atomic E-state index is 1.22. The Hall–Kier alpha value is -1.16. The van der Waals surface area contributed by atoms with Crippen LogP contribution in [0.25, 0.3) is 0 Å². The molecule has 2 rings (SSSR count). The van der Waals surface area contributed by atoms with Crippen molar-refractivity contribution in [2.75, 3.05) is 0 Å². The zero-order valence-corrected chi connectivity index (χ0v) is 8.35. The molecule has 0 fully saturated rings. The van der Waals surface area contributed by atoms with Crippen molar-refractivity contribution in [3.8, 4) is 12.5 Å². The zero-order valence-electron chi connectivity index (χ0n) is 8.35. The van der Waals surface area contributed by atoms with Crippen molar-refractivity contribution < 1.29 is 0 Å². The molecule has 0 atom stereocenters. The Kier molecular flexibility index (Phi) is 1.92. The summed E-state index contributed by atoms with van der Waals surface area (Å²) >= 11 is 0. The fourth-order valence-corrected chi connectivity index (χ4v) is 2.42. The van der Waals surface area contributed by atoms with Gasteiger partial charge in [0.15, 0.2) is 0 Å². The first kappa shape index (κ1) is 8.44. The van der Waals surface area contributed by atoms with Gasteiger partial charge in [0.2, 0.25) is 0 Å². The van der Waals surface area contributed by atoms with Crippen LogP contribution in [0, 0.1) is 26.3 Å². The highest BCUT2D eigenvalue weighted by atomic mass is 15.0. The van der Waals surface area contributed by atoms with Crippen LogP contribution in [0.5, 0.6) is 0 Å². The summed E-state index contributed by atoms with van der Waals surface area (Å²) in [5.41, 5.74) is 5.60. The molecule has 1 aromatic heterocycles. The lowest BCUT2D eigenvalue weighted by atomic mass is 9.92. The fraction of sp³-hybridized carbons (Fsp3) is 0.500. The van der Waals surface area contributed by atoms with Crippen molar-refractivity contribution in [2.24, 2.45) is 0 Å². The van der Waals surface area contributed by atoms with Gasteiger partial charge in [0.25, 0.3) is 0 Å². The molecule has 0 aliphatic heterocycles. The third-order valence-corrected chi connectivity index (χ3v) is 3.14. The number of terminal acetylenes is 1. The predicted molar refractivity (Wildman–Crippen MR) is 54.8 cm³/mol. The van der Waals surface area contributed by atoms with Crippen molar-refractivity contribution >= 4 is 0 Å². The molecule has 1 aromatic rings. The van der Waals surface area contributed by atoms with Crippen LogP contribution >= 0.6 is 0 Å². The topological polar surface area (TPSA) is 4.93 Å². The van der Waals surface area contributed by atoms with Crippen LogP contribution in [-0.2, 0) is 12.8 Å². The van der Waals surface area contributed by atoms with Crippen molar-refractivity contribution in [3.05, 3.63) is 22.5 Å². The van der Waals surface area contributed by atoms with E-state index in [1.807, 2.05) is 4.57 Å². The van der Waals surface area contributed by atoms with Gasteiger partial charge < -0.3 is 0 Å². The van der Waals surface area contributed by atoms with Crippen molar-refractivity contribution in [3.63, 3.8) is 0 Å². The highest BCUT2D eigenvalue weighted by Crippen LogP contribution is 2.28. The lowest BCUT2D eigenvalue weighted by Crippen LogP contribution is -2.00. The number of nitrogens with zero attached hydrogens (tertiary/aromatic N) is 1. The molecular formula is C12H15N. The molecule has 0 N–H and O–H groups in total. The highest BCUT2D eigenvalue weighted by molar-refractivity contribution is 5.41. The van der Waals surface area contributed by atoms with Crippen molar-refractivity contribution in [1.82, 2.24) is 4.57 Å². The van der Waals surface area contributed by atoms with Crippen LogP contribution in [0.1, 0.15) is 35.4 Å². The van der Waals surface area contributed by atoms with Gasteiger partial charge in [-0.05, 0) is 50.7 Å². The Bertz CT molecular complexity index is 347. The standard InChI is InChI=1S/C12H15N/c1-4-13-9(2)11-7-5-6-8-12(11)10(13)3/h1H,5-8H2,2-3H3. The Morgan fingerprint density at radius 2 is 1.54 bits per heavy atom. The van der Waals surface area contributed by atoms with Crippen LogP contribution in [0.3, 0.4) is 0 Å². The van der Waals surface area contributed by atoms with E-state index in [-0.39, 0.29) is 0 Å². The van der Waals surface area contributed by atoms with E-state index >= 15 is 0 Å². The summed E-state index contributed by atoms with van der Waals surface area (Å²) in [6, 6.07) is 2.74. The first-order valence-electron chi connectivity index (χ1n) is 4.92. The monoisotopic (exact) mass is 173 g/mol. The normalized spacial score (nSPS) is 15.2. The van der Waals surface area contributed by atoms with Crippen LogP contribution < -0.4 is 0 Å². The number of hydrogen-bond donors (Lipinski definition) is 0. The Labute approximate surface area is 79.8 Å². The molecule has 0 spiro atoms. The lowest BCUT2D eigenvalue weighted by molar-refractivity contribution is 0.685. The van der Waals surface area contributed by atoms with Gasteiger partial charge in [0.05, 0.1) is 0 Å². The summed E-state index contributed by atoms with van der Waals surface area (Å²) in [5.74, 6) is 0. The smallest absolute Gasteiger partial charge is 0.0320 e. The van der Waals surface area contributed by atoms with E-state index in [1.54, 1.807) is 0 Å². The van der Waals surface area contributed by atoms with Gasteiger partial charge in [0.1, 0.15) is 0 Å². The van der Waals surface area contributed by atoms with Gasteiger partial charge in [-0.3, -0.25) is 4.57 Å². The number of rotatable bonds is 0. The Morgan fingerprint density at radius 1 is 1.08 bits per heavy atom. The number of hydrogen-bond acceptors (Lipinski definition) is 0. The van der Waals surface area contributed by atoms with Crippen molar-refractivity contribution in [2.45, 2.75) is 39.5 Å². The summed E-state index contributed by atoms with van der Waals surface area (Å²) in [5, 5.41) is 0. The fourth-order valence-electron chi connectivity index (χ4n) is 2.42. The van der Waals surface area contributed by atoms with Gasteiger partial charge in [0, 0.05) is 17.4 Å². The summed E-state index contributed by atoms with van der Waals surface area (Å²) in [6.45, 7) is 4.27. The van der Waals surface area contributed by atoms with Gasteiger partial charge in [-0.2, -0.15) is 0 Å². The van der Waals surface area contributed by atoms with Crippen LogP contribution in [0.15, 0.2) is 0 Å². The van der Waals surface area contributed by atoms with E-state index in [9.17, 15) is 0 Å². The second-order valence-electron chi connectivity index (χ2n) is 3.80. The maximum absolute atomic E-state index is 5.48. The van der Waals surface area contributed by atoms with Gasteiger partial charge in [-0.1, -0.05) is 6.42 Å². The van der Waals surface area contributed by atoms with E-state index in [4.69, 9.17) is 6.42 Å². The molecule has 1 heteroatoms. The number of aromatic nitrogens is 1. The van der Waals surface area contributed by atoms with Crippen LogP contribution in [-0.4, -0.2) is 4.57 Å². The Morgan fingerprint density at radius 3 is 1.92 bits per heavy atom. The maximum atomic E-state index is 5.48. The molecule has 68 valence electrons. The molecule has 0 unspecified atom stereocenters. The van der Waals surface area contributed by atoms with E-state index in [1.165, 1.54) is 48.2 Å². The molecule has 1 nitrogen and oxygen atoms in total. The molecule has 0 amide bonds. The molecule has 0 saturated carbocycles. The minimum Gasteiger partial charge on any atom is -0.278 e. The van der Waals surface area contributed by atoms with Crippen molar-refractivity contribution in [1.29, 1.82) is 0 Å². The first-order valence-corrected chi connectivity index (χ1v) is 4.92. The summed E-state index contributed by atoms with van der Waals surface area (Å²) < 4.78 is 2.00. The third-order valence-electron chi connectivity index (χ3n) is 3.14. The SMILES string of the molecule is C#Cn1c(C)c2c(c1C)CCCC2. The largest absolute Gasteiger partial charge is 0.278 e. The third kappa shape index (κ3) is 1.09. The van der Waals surface area contributed by atoms with Gasteiger partial charge in [-0.15, -0.1) is 0 Å². The molecule has 1 aliphatic rings. The quantitative estimate of drug-likeness (QED) is 0.531. The lowest BCUT2D eigenvalue weighted by Gasteiger charge is -2.11. The predicted octanol–water partition coefficient (Wildman–Crippen LogP) is 2.42. The summed E-state index contributed by atoms with van der Waals surface area (Å²) in [7, 11) is 0. The second kappa shape index (κ2) is 2.96. The van der Waals surface area contributed by atoms with Crippen LogP contribution in [0.2, 0.25) is 0 Å². The van der Waals surface area contributed by atoms with E-state index < -0.39 is 0 Å². The van der Waals surface area contributed by atoms with Crippen LogP contribution in [0.4, 0.5) is 0 Å².